The molecule has 3 nitrogen and oxygen atoms in total. The Morgan fingerprint density at radius 2 is 2.00 bits per heavy atom. The van der Waals surface area contributed by atoms with Crippen molar-refractivity contribution in [2.24, 2.45) is 0 Å². The van der Waals surface area contributed by atoms with E-state index in [-0.39, 0.29) is 6.61 Å². The zero-order valence-corrected chi connectivity index (χ0v) is 9.24. The first kappa shape index (κ1) is 12.0. The van der Waals surface area contributed by atoms with Crippen molar-refractivity contribution in [2.45, 2.75) is 5.38 Å². The summed E-state index contributed by atoms with van der Waals surface area (Å²) in [6.45, 7) is 0.607. The van der Waals surface area contributed by atoms with E-state index in [2.05, 4.69) is 0 Å². The summed E-state index contributed by atoms with van der Waals surface area (Å²) in [4.78, 5) is 11.4. The van der Waals surface area contributed by atoms with Crippen molar-refractivity contribution in [3.8, 4) is 0 Å². The molecule has 0 spiro atoms. The number of carbonyl (C=O) groups is 1. The number of ether oxygens (including phenoxy) is 2. The molecule has 4 heteroatoms. The molecule has 0 aliphatic rings. The Labute approximate surface area is 93.9 Å². The molecule has 1 aromatic carbocycles. The number of rotatable bonds is 5. The van der Waals surface area contributed by atoms with E-state index in [4.69, 9.17) is 21.1 Å². The first-order valence-electron chi connectivity index (χ1n) is 4.60. The van der Waals surface area contributed by atoms with Crippen LogP contribution in [0.25, 0.3) is 0 Å². The molecular formula is C11H13ClO3. The van der Waals surface area contributed by atoms with Crippen molar-refractivity contribution in [2.75, 3.05) is 20.3 Å². The van der Waals surface area contributed by atoms with Crippen molar-refractivity contribution in [3.63, 3.8) is 0 Å². The first-order chi connectivity index (χ1) is 7.25. The number of methoxy groups -OCH3 is 1. The van der Waals surface area contributed by atoms with Gasteiger partial charge in [-0.3, -0.25) is 4.79 Å². The number of hydrogen-bond donors (Lipinski definition) is 0. The van der Waals surface area contributed by atoms with Gasteiger partial charge >= 0.3 is 5.97 Å². The molecule has 0 saturated carbocycles. The third-order valence-electron chi connectivity index (χ3n) is 1.83. The average molecular weight is 229 g/mol. The average Bonchev–Trinajstić information content (AvgIpc) is 2.29. The molecule has 15 heavy (non-hydrogen) atoms. The van der Waals surface area contributed by atoms with Gasteiger partial charge in [-0.1, -0.05) is 30.3 Å². The summed E-state index contributed by atoms with van der Waals surface area (Å²) in [6.07, 6.45) is 0. The Balaban J connectivity index is 2.46. The number of benzene rings is 1. The smallest absolute Gasteiger partial charge is 0.328 e. The van der Waals surface area contributed by atoms with Crippen molar-refractivity contribution < 1.29 is 14.3 Å². The lowest BCUT2D eigenvalue weighted by Gasteiger charge is -2.09. The van der Waals surface area contributed by atoms with Gasteiger partial charge in [0.1, 0.15) is 6.61 Å². The van der Waals surface area contributed by atoms with Crippen LogP contribution in [0.5, 0.6) is 0 Å². The molecule has 0 aliphatic carbocycles. The van der Waals surface area contributed by atoms with Crippen LogP contribution >= 0.6 is 11.6 Å². The van der Waals surface area contributed by atoms with Crippen LogP contribution in [-0.4, -0.2) is 26.3 Å². The SMILES string of the molecule is COCCOC(=O)C(Cl)c1ccccc1. The lowest BCUT2D eigenvalue weighted by molar-refractivity contribution is -0.144. The van der Waals surface area contributed by atoms with Crippen LogP contribution in [0.1, 0.15) is 10.9 Å². The van der Waals surface area contributed by atoms with E-state index < -0.39 is 11.3 Å². The number of alkyl halides is 1. The fraction of sp³-hybridized carbons (Fsp3) is 0.364. The van der Waals surface area contributed by atoms with Crippen LogP contribution in [0.15, 0.2) is 30.3 Å². The van der Waals surface area contributed by atoms with Crippen LogP contribution < -0.4 is 0 Å². The van der Waals surface area contributed by atoms with Crippen LogP contribution in [0.4, 0.5) is 0 Å². The maximum absolute atomic E-state index is 11.4. The minimum absolute atomic E-state index is 0.228. The summed E-state index contributed by atoms with van der Waals surface area (Å²) in [7, 11) is 1.54. The standard InChI is InChI=1S/C11H13ClO3/c1-14-7-8-15-11(13)10(12)9-5-3-2-4-6-9/h2-6,10H,7-8H2,1H3. The highest BCUT2D eigenvalue weighted by Gasteiger charge is 2.18. The third-order valence-corrected chi connectivity index (χ3v) is 2.26. The Morgan fingerprint density at radius 3 is 2.60 bits per heavy atom. The Hall–Kier alpha value is -1.06. The van der Waals surface area contributed by atoms with Crippen molar-refractivity contribution in [1.82, 2.24) is 0 Å². The molecule has 0 saturated heterocycles. The van der Waals surface area contributed by atoms with E-state index in [9.17, 15) is 4.79 Å². The summed E-state index contributed by atoms with van der Waals surface area (Å²) in [5.41, 5.74) is 0.738. The van der Waals surface area contributed by atoms with Gasteiger partial charge in [-0.15, -0.1) is 11.6 Å². The highest BCUT2D eigenvalue weighted by molar-refractivity contribution is 6.29. The first-order valence-corrected chi connectivity index (χ1v) is 5.04. The second kappa shape index (κ2) is 6.43. The fourth-order valence-corrected chi connectivity index (χ4v) is 1.27. The zero-order valence-electron chi connectivity index (χ0n) is 8.48. The lowest BCUT2D eigenvalue weighted by Crippen LogP contribution is -2.14. The van der Waals surface area contributed by atoms with Crippen molar-refractivity contribution >= 4 is 17.6 Å². The minimum Gasteiger partial charge on any atom is -0.462 e. The van der Waals surface area contributed by atoms with E-state index in [1.807, 2.05) is 18.2 Å². The molecule has 0 aromatic heterocycles. The van der Waals surface area contributed by atoms with E-state index >= 15 is 0 Å². The Kier molecular flexibility index (Phi) is 5.15. The van der Waals surface area contributed by atoms with Gasteiger partial charge in [-0.2, -0.15) is 0 Å². The molecule has 0 N–H and O–H groups in total. The fourth-order valence-electron chi connectivity index (χ4n) is 1.06. The van der Waals surface area contributed by atoms with Gasteiger partial charge in [-0.25, -0.2) is 0 Å². The molecule has 1 aromatic rings. The predicted molar refractivity (Wildman–Crippen MR) is 57.9 cm³/mol. The van der Waals surface area contributed by atoms with Crippen molar-refractivity contribution in [3.05, 3.63) is 35.9 Å². The van der Waals surface area contributed by atoms with Crippen LogP contribution in [0.2, 0.25) is 0 Å². The minimum atomic E-state index is -0.747. The molecule has 1 unspecified atom stereocenters. The normalized spacial score (nSPS) is 12.1. The second-order valence-electron chi connectivity index (χ2n) is 2.93. The quantitative estimate of drug-likeness (QED) is 0.440. The molecule has 0 aliphatic heterocycles. The van der Waals surface area contributed by atoms with E-state index in [0.717, 1.165) is 5.56 Å². The van der Waals surface area contributed by atoms with Gasteiger partial charge in [-0.05, 0) is 5.56 Å². The highest BCUT2D eigenvalue weighted by Crippen LogP contribution is 2.21. The monoisotopic (exact) mass is 228 g/mol. The number of halogens is 1. The molecule has 0 heterocycles. The number of esters is 1. The molecule has 0 bridgehead atoms. The Bertz CT molecular complexity index is 300. The summed E-state index contributed by atoms with van der Waals surface area (Å²) in [5, 5.41) is -0.747. The van der Waals surface area contributed by atoms with Gasteiger partial charge in [0.2, 0.25) is 0 Å². The molecular weight excluding hydrogens is 216 g/mol. The lowest BCUT2D eigenvalue weighted by atomic mass is 10.1. The van der Waals surface area contributed by atoms with E-state index in [1.165, 1.54) is 0 Å². The topological polar surface area (TPSA) is 35.5 Å². The summed E-state index contributed by atoms with van der Waals surface area (Å²) in [6, 6.07) is 9.09. The Morgan fingerprint density at radius 1 is 1.33 bits per heavy atom. The molecule has 1 atom stereocenters. The van der Waals surface area contributed by atoms with Gasteiger partial charge in [0.25, 0.3) is 0 Å². The molecule has 0 fully saturated rings. The molecule has 1 rings (SSSR count). The predicted octanol–water partition coefficient (Wildman–Crippen LogP) is 2.16. The molecule has 0 radical (unpaired) electrons. The van der Waals surface area contributed by atoms with Crippen LogP contribution in [0.3, 0.4) is 0 Å². The maximum atomic E-state index is 11.4. The number of hydrogen-bond acceptors (Lipinski definition) is 3. The van der Waals surface area contributed by atoms with E-state index in [0.29, 0.717) is 6.61 Å². The van der Waals surface area contributed by atoms with E-state index in [1.54, 1.807) is 19.2 Å². The maximum Gasteiger partial charge on any atom is 0.328 e. The van der Waals surface area contributed by atoms with Crippen molar-refractivity contribution in [1.29, 1.82) is 0 Å². The molecule has 0 amide bonds. The highest BCUT2D eigenvalue weighted by atomic mass is 35.5. The summed E-state index contributed by atoms with van der Waals surface area (Å²) in [5.74, 6) is -0.445. The second-order valence-corrected chi connectivity index (χ2v) is 3.37. The third kappa shape index (κ3) is 3.90. The van der Waals surface area contributed by atoms with Gasteiger partial charge in [0, 0.05) is 7.11 Å². The van der Waals surface area contributed by atoms with Crippen LogP contribution in [0, 0.1) is 0 Å². The van der Waals surface area contributed by atoms with Gasteiger partial charge in [0.15, 0.2) is 5.38 Å². The van der Waals surface area contributed by atoms with Gasteiger partial charge < -0.3 is 9.47 Å². The van der Waals surface area contributed by atoms with Crippen LogP contribution in [-0.2, 0) is 14.3 Å². The largest absolute Gasteiger partial charge is 0.462 e. The summed E-state index contributed by atoms with van der Waals surface area (Å²) < 4.78 is 9.66. The van der Waals surface area contributed by atoms with Gasteiger partial charge in [0.05, 0.1) is 6.61 Å². The number of carbonyl (C=O) groups excluding carboxylic acids is 1. The molecule has 82 valence electrons. The zero-order chi connectivity index (χ0) is 11.1. The summed E-state index contributed by atoms with van der Waals surface area (Å²) >= 11 is 5.92.